The molecular formula is C24H42N4O. The molecule has 0 aromatic heterocycles. The van der Waals surface area contributed by atoms with Crippen LogP contribution in [0.25, 0.3) is 0 Å². The molecule has 5 heteroatoms. The van der Waals surface area contributed by atoms with Crippen LogP contribution in [0.4, 0.5) is 0 Å². The molecule has 2 heterocycles. The standard InChI is InChI=1S/C24H42N4O/c1-3-6-27-7-4-21(5-8-27)28-15-20(14-22(28)24(29)25-2)26-23-18-10-16-9-17(12-18)13-19(23)11-16/h16-23,26H,3-15H2,1-2H3,(H,25,29)/t16?,17?,18?,19?,20-,22+,23?/m1/s1. The van der Waals surface area contributed by atoms with E-state index in [9.17, 15) is 4.79 Å². The lowest BCUT2D eigenvalue weighted by molar-refractivity contribution is -0.126. The molecular weight excluding hydrogens is 360 g/mol. The quantitative estimate of drug-likeness (QED) is 0.717. The Kier molecular flexibility index (Phi) is 5.92. The minimum atomic E-state index is 0.0667. The predicted molar refractivity (Wildman–Crippen MR) is 117 cm³/mol. The second-order valence-corrected chi connectivity index (χ2v) is 11.0. The smallest absolute Gasteiger partial charge is 0.237 e. The van der Waals surface area contributed by atoms with Crippen LogP contribution in [0.5, 0.6) is 0 Å². The number of carbonyl (C=O) groups excluding carboxylic acids is 1. The Morgan fingerprint density at radius 1 is 0.966 bits per heavy atom. The van der Waals surface area contributed by atoms with Crippen molar-refractivity contribution in [2.75, 3.05) is 33.2 Å². The zero-order valence-corrected chi connectivity index (χ0v) is 18.6. The largest absolute Gasteiger partial charge is 0.358 e. The Bertz CT molecular complexity index is 559. The lowest BCUT2D eigenvalue weighted by Crippen LogP contribution is -2.57. The second-order valence-electron chi connectivity index (χ2n) is 11.0. The molecule has 4 bridgehead atoms. The Morgan fingerprint density at radius 2 is 1.62 bits per heavy atom. The summed E-state index contributed by atoms with van der Waals surface area (Å²) in [6.45, 7) is 6.96. The fourth-order valence-electron chi connectivity index (χ4n) is 8.07. The topological polar surface area (TPSA) is 47.6 Å². The number of hydrogen-bond acceptors (Lipinski definition) is 4. The van der Waals surface area contributed by atoms with Gasteiger partial charge in [0.15, 0.2) is 0 Å². The summed E-state index contributed by atoms with van der Waals surface area (Å²) in [7, 11) is 1.81. The van der Waals surface area contributed by atoms with Gasteiger partial charge in [0.25, 0.3) is 0 Å². The lowest BCUT2D eigenvalue weighted by Gasteiger charge is -2.55. The van der Waals surface area contributed by atoms with Crippen molar-refractivity contribution < 1.29 is 4.79 Å². The van der Waals surface area contributed by atoms with Crippen molar-refractivity contribution in [3.05, 3.63) is 0 Å². The fraction of sp³-hybridized carbons (Fsp3) is 0.958. The van der Waals surface area contributed by atoms with Crippen LogP contribution in [0, 0.1) is 23.7 Å². The third-order valence-electron chi connectivity index (χ3n) is 9.11. The number of nitrogens with zero attached hydrogens (tertiary/aromatic N) is 2. The molecule has 2 atom stereocenters. The summed E-state index contributed by atoms with van der Waals surface area (Å²) in [5.74, 6) is 4.12. The zero-order valence-electron chi connectivity index (χ0n) is 18.6. The first-order valence-electron chi connectivity index (χ1n) is 12.6. The van der Waals surface area contributed by atoms with E-state index in [0.29, 0.717) is 12.1 Å². The normalized spacial score (nSPS) is 43.2. The number of amides is 1. The molecule has 5 nitrogen and oxygen atoms in total. The van der Waals surface area contributed by atoms with E-state index in [0.717, 1.165) is 42.7 Å². The molecule has 0 unspecified atom stereocenters. The minimum absolute atomic E-state index is 0.0667. The number of nitrogens with one attached hydrogen (secondary N) is 2. The molecule has 6 rings (SSSR count). The highest BCUT2D eigenvalue weighted by molar-refractivity contribution is 5.82. The third kappa shape index (κ3) is 3.99. The Morgan fingerprint density at radius 3 is 2.21 bits per heavy atom. The summed E-state index contributed by atoms with van der Waals surface area (Å²) in [4.78, 5) is 17.9. The molecule has 4 aliphatic carbocycles. The van der Waals surface area contributed by atoms with Gasteiger partial charge in [-0.3, -0.25) is 9.69 Å². The van der Waals surface area contributed by atoms with Crippen molar-refractivity contribution >= 4 is 5.91 Å². The molecule has 2 N–H and O–H groups in total. The number of piperidine rings is 1. The van der Waals surface area contributed by atoms with E-state index in [4.69, 9.17) is 0 Å². The summed E-state index contributed by atoms with van der Waals surface area (Å²) in [6, 6.07) is 1.87. The van der Waals surface area contributed by atoms with Gasteiger partial charge in [-0.15, -0.1) is 0 Å². The highest BCUT2D eigenvalue weighted by atomic mass is 16.2. The average Bonchev–Trinajstić information content (AvgIpc) is 3.14. The van der Waals surface area contributed by atoms with Crippen LogP contribution in [-0.4, -0.2) is 73.1 Å². The summed E-state index contributed by atoms with van der Waals surface area (Å²) in [6.07, 6.45) is 12.1. The first kappa shape index (κ1) is 20.3. The van der Waals surface area contributed by atoms with Crippen LogP contribution in [0.15, 0.2) is 0 Å². The van der Waals surface area contributed by atoms with Gasteiger partial charge >= 0.3 is 0 Å². The van der Waals surface area contributed by atoms with Gasteiger partial charge in [-0.25, -0.2) is 0 Å². The average molecular weight is 403 g/mol. The number of hydrogen-bond donors (Lipinski definition) is 2. The number of rotatable bonds is 6. The van der Waals surface area contributed by atoms with Gasteiger partial charge in [0, 0.05) is 31.7 Å². The molecule has 164 valence electrons. The summed E-state index contributed by atoms with van der Waals surface area (Å²) in [5.41, 5.74) is 0. The first-order chi connectivity index (χ1) is 14.1. The monoisotopic (exact) mass is 402 g/mol. The van der Waals surface area contributed by atoms with Gasteiger partial charge in [-0.2, -0.15) is 0 Å². The van der Waals surface area contributed by atoms with Crippen molar-refractivity contribution in [1.82, 2.24) is 20.4 Å². The molecule has 4 saturated carbocycles. The van der Waals surface area contributed by atoms with Crippen LogP contribution >= 0.6 is 0 Å². The van der Waals surface area contributed by atoms with E-state index in [2.05, 4.69) is 27.4 Å². The molecule has 0 aromatic rings. The molecule has 2 saturated heterocycles. The van der Waals surface area contributed by atoms with E-state index in [-0.39, 0.29) is 11.9 Å². The Balaban J connectivity index is 1.22. The van der Waals surface area contributed by atoms with Gasteiger partial charge in [-0.1, -0.05) is 6.92 Å². The fourth-order valence-corrected chi connectivity index (χ4v) is 8.07. The summed E-state index contributed by atoms with van der Waals surface area (Å²) in [5, 5.41) is 7.10. The van der Waals surface area contributed by atoms with Crippen LogP contribution in [0.3, 0.4) is 0 Å². The lowest BCUT2D eigenvalue weighted by atomic mass is 9.54. The van der Waals surface area contributed by atoms with Gasteiger partial charge in [0.05, 0.1) is 6.04 Å². The maximum Gasteiger partial charge on any atom is 0.237 e. The molecule has 29 heavy (non-hydrogen) atoms. The van der Waals surface area contributed by atoms with Crippen molar-refractivity contribution in [1.29, 1.82) is 0 Å². The van der Waals surface area contributed by atoms with Crippen molar-refractivity contribution in [3.8, 4) is 0 Å². The summed E-state index contributed by atoms with van der Waals surface area (Å²) >= 11 is 0. The van der Waals surface area contributed by atoms with Crippen LogP contribution < -0.4 is 10.6 Å². The van der Waals surface area contributed by atoms with Gasteiger partial charge in [0.1, 0.15) is 0 Å². The van der Waals surface area contributed by atoms with E-state index in [1.165, 1.54) is 71.0 Å². The first-order valence-corrected chi connectivity index (χ1v) is 12.6. The van der Waals surface area contributed by atoms with E-state index >= 15 is 0 Å². The molecule has 0 radical (unpaired) electrons. The van der Waals surface area contributed by atoms with Crippen LogP contribution in [0.1, 0.15) is 64.7 Å². The van der Waals surface area contributed by atoms with E-state index < -0.39 is 0 Å². The third-order valence-corrected chi connectivity index (χ3v) is 9.11. The van der Waals surface area contributed by atoms with Crippen molar-refractivity contribution in [2.24, 2.45) is 23.7 Å². The van der Waals surface area contributed by atoms with Gasteiger partial charge < -0.3 is 15.5 Å². The molecule has 6 aliphatic rings. The van der Waals surface area contributed by atoms with Crippen molar-refractivity contribution in [2.45, 2.75) is 88.9 Å². The van der Waals surface area contributed by atoms with Crippen LogP contribution in [-0.2, 0) is 4.79 Å². The summed E-state index contributed by atoms with van der Waals surface area (Å²) < 4.78 is 0. The SMILES string of the molecule is CCCN1CCC(N2C[C@H](NC3C4CC5CC(C4)CC3C5)C[C@H]2C(=O)NC)CC1. The minimum Gasteiger partial charge on any atom is -0.358 e. The molecule has 0 spiro atoms. The molecule has 6 fully saturated rings. The number of likely N-dealkylation sites (tertiary alicyclic amines) is 2. The maximum atomic E-state index is 12.7. The van der Waals surface area contributed by atoms with Gasteiger partial charge in [-0.05, 0) is 101 Å². The van der Waals surface area contributed by atoms with Gasteiger partial charge in [0.2, 0.25) is 5.91 Å². The van der Waals surface area contributed by atoms with E-state index in [1.807, 2.05) is 7.05 Å². The zero-order chi connectivity index (χ0) is 20.0. The highest BCUT2D eigenvalue weighted by Gasteiger charge is 2.50. The molecule has 1 amide bonds. The molecule has 2 aliphatic heterocycles. The van der Waals surface area contributed by atoms with Crippen molar-refractivity contribution in [3.63, 3.8) is 0 Å². The molecule has 0 aromatic carbocycles. The highest BCUT2D eigenvalue weighted by Crippen LogP contribution is 2.54. The Labute approximate surface area is 177 Å². The Hall–Kier alpha value is -0.650. The number of carbonyl (C=O) groups is 1. The maximum absolute atomic E-state index is 12.7. The number of likely N-dealkylation sites (N-methyl/N-ethyl adjacent to an activating group) is 1. The predicted octanol–water partition coefficient (Wildman–Crippen LogP) is 2.46. The van der Waals surface area contributed by atoms with Crippen LogP contribution in [0.2, 0.25) is 0 Å². The van der Waals surface area contributed by atoms with E-state index in [1.54, 1.807) is 0 Å². The second kappa shape index (κ2) is 8.47.